The number of carbonyl (C=O) groups is 6. The third-order valence-electron chi connectivity index (χ3n) is 15.4. The molecule has 348 valence electrons. The van der Waals surface area contributed by atoms with Crippen LogP contribution in [0.4, 0.5) is 10.1 Å². The van der Waals surface area contributed by atoms with Crippen LogP contribution in [0.15, 0.2) is 41.6 Å². The second-order valence-corrected chi connectivity index (χ2v) is 20.4. The molecule has 16 heteroatoms. The fraction of sp³-hybridized carbons (Fsp3) is 0.540. The number of fused-ring (bicyclic) bond motifs is 2. The van der Waals surface area contributed by atoms with Crippen molar-refractivity contribution in [2.45, 2.75) is 126 Å². The number of hydrogen-bond donors (Lipinski definition) is 4. The van der Waals surface area contributed by atoms with E-state index in [1.807, 2.05) is 13.0 Å². The molecule has 1 spiro atoms. The maximum absolute atomic E-state index is 14.5. The Balaban J connectivity index is 0.763. The molecule has 2 unspecified atom stereocenters. The van der Waals surface area contributed by atoms with Crippen molar-refractivity contribution < 1.29 is 37.9 Å². The molecule has 3 aromatic rings. The molecule has 5 fully saturated rings. The average molecular weight is 920 g/mol. The van der Waals surface area contributed by atoms with E-state index in [9.17, 15) is 33.2 Å². The molecule has 9 rings (SSSR count). The minimum Gasteiger partial charge on any atom is -0.496 e. The molecule has 1 aromatic heterocycles. The van der Waals surface area contributed by atoms with Gasteiger partial charge in [0, 0.05) is 71.3 Å². The Kier molecular flexibility index (Phi) is 12.9. The number of amides is 6. The van der Waals surface area contributed by atoms with Crippen LogP contribution in [0, 0.1) is 35.0 Å². The van der Waals surface area contributed by atoms with Gasteiger partial charge in [0.15, 0.2) is 6.17 Å². The van der Waals surface area contributed by atoms with E-state index in [4.69, 9.17) is 15.5 Å². The highest BCUT2D eigenvalue weighted by atomic mass is 32.2. The summed E-state index contributed by atoms with van der Waals surface area (Å²) in [5.74, 6) is 4.98. The molecule has 6 amide bonds. The molecule has 4 heterocycles. The number of nitrogens with zero attached hydrogens (tertiary/aromatic N) is 3. The maximum atomic E-state index is 14.5. The second-order valence-electron chi connectivity index (χ2n) is 19.4. The van der Waals surface area contributed by atoms with Gasteiger partial charge in [-0.3, -0.25) is 39.0 Å². The van der Waals surface area contributed by atoms with E-state index < -0.39 is 53.6 Å². The summed E-state index contributed by atoms with van der Waals surface area (Å²) >= 11 is 1.43. The summed E-state index contributed by atoms with van der Waals surface area (Å²) in [6.07, 6.45) is 11.8. The smallest absolute Gasteiger partial charge is 0.264 e. The number of pyridine rings is 1. The van der Waals surface area contributed by atoms with Crippen LogP contribution in [0.5, 0.6) is 5.75 Å². The minimum absolute atomic E-state index is 0.0840. The number of anilines is 1. The van der Waals surface area contributed by atoms with Gasteiger partial charge in [0.1, 0.15) is 16.8 Å². The summed E-state index contributed by atoms with van der Waals surface area (Å²) in [5.41, 5.74) is 8.22. The van der Waals surface area contributed by atoms with Gasteiger partial charge in [-0.25, -0.2) is 9.37 Å². The minimum atomic E-state index is -1.52. The SMILES string of the molecule is CC[C@H]1C(CSc2ncc(C#CC3CCC(CN(C)C4CCC5(CC4)CC(Nc4cccc6c4C(=O)N(C4CCC(=O)NC4=O)C6=O)C5)CC3)c3cc(C(N)=O)c(OC)cc23)NC(=O)[C@H]1F. The highest BCUT2D eigenvalue weighted by molar-refractivity contribution is 7.99. The Morgan fingerprint density at radius 3 is 2.48 bits per heavy atom. The van der Waals surface area contributed by atoms with Gasteiger partial charge in [-0.2, -0.15) is 0 Å². The molecule has 2 aromatic carbocycles. The first kappa shape index (κ1) is 45.6. The van der Waals surface area contributed by atoms with Crippen LogP contribution in [0.3, 0.4) is 0 Å². The van der Waals surface area contributed by atoms with Crippen molar-refractivity contribution in [1.29, 1.82) is 0 Å². The lowest BCUT2D eigenvalue weighted by Gasteiger charge is -2.53. The summed E-state index contributed by atoms with van der Waals surface area (Å²) in [6, 6.07) is 8.15. The summed E-state index contributed by atoms with van der Waals surface area (Å²) in [6.45, 7) is 2.94. The number of halogens is 1. The first-order valence-corrected chi connectivity index (χ1v) is 24.5. The van der Waals surface area contributed by atoms with Gasteiger partial charge in [-0.1, -0.05) is 24.8 Å². The fourth-order valence-electron chi connectivity index (χ4n) is 11.6. The van der Waals surface area contributed by atoms with Crippen LogP contribution >= 0.6 is 11.8 Å². The Hall–Kier alpha value is -5.53. The molecule has 2 saturated heterocycles. The van der Waals surface area contributed by atoms with E-state index >= 15 is 0 Å². The lowest BCUT2D eigenvalue weighted by atomic mass is 9.57. The van der Waals surface area contributed by atoms with Crippen molar-refractivity contribution in [3.63, 3.8) is 0 Å². The van der Waals surface area contributed by atoms with E-state index in [-0.39, 0.29) is 41.8 Å². The predicted molar refractivity (Wildman–Crippen MR) is 248 cm³/mol. The number of nitrogens with one attached hydrogen (secondary N) is 3. The lowest BCUT2D eigenvalue weighted by molar-refractivity contribution is -0.136. The summed E-state index contributed by atoms with van der Waals surface area (Å²) in [4.78, 5) is 84.1. The number of alkyl halides is 1. The highest BCUT2D eigenvalue weighted by Gasteiger charge is 2.49. The van der Waals surface area contributed by atoms with Gasteiger partial charge >= 0.3 is 0 Å². The monoisotopic (exact) mass is 919 g/mol. The number of hydrogen-bond acceptors (Lipinski definition) is 11. The van der Waals surface area contributed by atoms with Gasteiger partial charge < -0.3 is 26.0 Å². The number of carbonyl (C=O) groups excluding carboxylic acids is 6. The molecular weight excluding hydrogens is 862 g/mol. The van der Waals surface area contributed by atoms with Crippen molar-refractivity contribution >= 4 is 63.7 Å². The molecule has 3 aliphatic heterocycles. The van der Waals surface area contributed by atoms with Crippen molar-refractivity contribution in [3.05, 3.63) is 58.8 Å². The summed E-state index contributed by atoms with van der Waals surface area (Å²) in [5, 5.41) is 10.8. The van der Waals surface area contributed by atoms with Crippen molar-refractivity contribution in [3.8, 4) is 17.6 Å². The number of nitrogens with two attached hydrogens (primary N) is 1. The zero-order valence-corrected chi connectivity index (χ0v) is 38.6. The number of ether oxygens (including phenoxy) is 1. The van der Waals surface area contributed by atoms with Gasteiger partial charge in [0.2, 0.25) is 11.8 Å². The zero-order chi connectivity index (χ0) is 46.4. The van der Waals surface area contributed by atoms with Gasteiger partial charge in [-0.05, 0) is 120 Å². The Bertz CT molecular complexity index is 2540. The quantitative estimate of drug-likeness (QED) is 0.0948. The number of imide groups is 2. The zero-order valence-electron chi connectivity index (χ0n) is 37.8. The summed E-state index contributed by atoms with van der Waals surface area (Å²) in [7, 11) is 3.75. The molecular formula is C50H58FN7O7S. The molecule has 6 aliphatic rings. The molecule has 66 heavy (non-hydrogen) atoms. The predicted octanol–water partition coefficient (Wildman–Crippen LogP) is 5.99. The number of aromatic nitrogens is 1. The van der Waals surface area contributed by atoms with Crippen LogP contribution in [0.2, 0.25) is 0 Å². The molecule has 3 saturated carbocycles. The van der Waals surface area contributed by atoms with Crippen molar-refractivity contribution in [1.82, 2.24) is 25.4 Å². The number of benzene rings is 2. The number of primary amides is 1. The van der Waals surface area contributed by atoms with Gasteiger partial charge in [0.25, 0.3) is 23.6 Å². The van der Waals surface area contributed by atoms with Crippen LogP contribution in [0.1, 0.15) is 127 Å². The van der Waals surface area contributed by atoms with Crippen LogP contribution < -0.4 is 26.4 Å². The van der Waals surface area contributed by atoms with E-state index in [0.717, 1.165) is 86.4 Å². The Morgan fingerprint density at radius 2 is 1.79 bits per heavy atom. The maximum Gasteiger partial charge on any atom is 0.264 e. The molecule has 5 N–H and O–H groups in total. The van der Waals surface area contributed by atoms with E-state index in [1.54, 1.807) is 30.5 Å². The number of methoxy groups -OCH3 is 1. The standard InChI is InChI=1S/C50H58FN7O7S/c1-4-32-38(55-46(62)43(32)51)26-66-47-35-21-40(65-3)36(44(52)60)20-34(35)29(24-53-47)13-12-27-8-10-28(11-9-27)25-57(2)31-16-18-50(19-17-31)22-30(23-50)54-37-7-5-6-33-42(37)49(64)58(48(33)63)39-14-15-41(59)56-45(39)61/h5-7,20-21,24,27-28,30-32,38-39,43,54H,4,8-11,14-19,22-23,25-26H2,1-3H3,(H2,52,60)(H,55,62)(H,56,59,61)/t27?,28?,30?,31?,32-,38?,39?,43-,50?/m0/s1. The third-order valence-corrected chi connectivity index (χ3v) is 16.5. The molecule has 0 bridgehead atoms. The first-order valence-electron chi connectivity index (χ1n) is 23.5. The van der Waals surface area contributed by atoms with E-state index in [1.165, 1.54) is 18.9 Å². The lowest BCUT2D eigenvalue weighted by Crippen LogP contribution is -2.54. The van der Waals surface area contributed by atoms with Crippen LogP contribution in [-0.4, -0.2) is 107 Å². The summed E-state index contributed by atoms with van der Waals surface area (Å²) < 4.78 is 20.1. The molecule has 14 nitrogen and oxygen atoms in total. The third kappa shape index (κ3) is 8.76. The van der Waals surface area contributed by atoms with Gasteiger partial charge in [0.05, 0.1) is 29.4 Å². The number of thioether (sulfide) groups is 1. The largest absolute Gasteiger partial charge is 0.496 e. The average Bonchev–Trinajstić information content (AvgIpc) is 3.72. The van der Waals surface area contributed by atoms with Crippen LogP contribution in [0.25, 0.3) is 10.8 Å². The van der Waals surface area contributed by atoms with Gasteiger partial charge in [-0.15, -0.1) is 11.8 Å². The molecule has 3 aliphatic carbocycles. The molecule has 0 radical (unpaired) electrons. The van der Waals surface area contributed by atoms with Crippen molar-refractivity contribution in [2.24, 2.45) is 28.9 Å². The van der Waals surface area contributed by atoms with E-state index in [2.05, 4.69) is 39.7 Å². The normalized spacial score (nSPS) is 29.6. The number of rotatable bonds is 12. The first-order chi connectivity index (χ1) is 31.8. The van der Waals surface area contributed by atoms with Crippen LogP contribution in [-0.2, 0) is 14.4 Å². The second kappa shape index (κ2) is 18.6. The Labute approximate surface area is 388 Å². The fourth-order valence-corrected chi connectivity index (χ4v) is 12.8. The number of piperidine rings is 1. The van der Waals surface area contributed by atoms with Crippen molar-refractivity contribution in [2.75, 3.05) is 31.8 Å². The highest BCUT2D eigenvalue weighted by Crippen LogP contribution is 2.53. The van der Waals surface area contributed by atoms with E-state index in [0.29, 0.717) is 57.3 Å². The topological polar surface area (TPSA) is 193 Å². The Morgan fingerprint density at radius 1 is 1.03 bits per heavy atom. The molecule has 4 atom stereocenters.